The maximum Gasteiger partial charge on any atom is 0.251 e. The zero-order valence-corrected chi connectivity index (χ0v) is 13.3. The van der Waals surface area contributed by atoms with Crippen molar-refractivity contribution in [1.82, 2.24) is 10.3 Å². The molecule has 0 saturated heterocycles. The number of benzene rings is 1. The number of thiazole rings is 1. The summed E-state index contributed by atoms with van der Waals surface area (Å²) in [5.41, 5.74) is 5.62. The van der Waals surface area contributed by atoms with Crippen molar-refractivity contribution in [3.05, 3.63) is 45.9 Å². The molecule has 1 heterocycles. The summed E-state index contributed by atoms with van der Waals surface area (Å²) in [5, 5.41) is 8.28. The van der Waals surface area contributed by atoms with Crippen LogP contribution in [-0.4, -0.2) is 24.0 Å². The number of aryl methyl sites for hydroxylation is 1. The summed E-state index contributed by atoms with van der Waals surface area (Å²) in [6.07, 6.45) is 1.85. The molecule has 0 atom stereocenters. The van der Waals surface area contributed by atoms with Crippen molar-refractivity contribution < 1.29 is 4.79 Å². The first-order valence-electron chi connectivity index (χ1n) is 7.20. The van der Waals surface area contributed by atoms with E-state index in [1.54, 1.807) is 11.3 Å². The second-order valence-corrected chi connectivity index (χ2v) is 5.66. The van der Waals surface area contributed by atoms with Crippen molar-refractivity contribution in [3.8, 4) is 0 Å². The molecule has 21 heavy (non-hydrogen) atoms. The van der Waals surface area contributed by atoms with E-state index in [2.05, 4.69) is 22.5 Å². The van der Waals surface area contributed by atoms with Gasteiger partial charge in [0.25, 0.3) is 5.91 Å². The predicted molar refractivity (Wildman–Crippen MR) is 88.1 cm³/mol. The fourth-order valence-electron chi connectivity index (χ4n) is 2.06. The van der Waals surface area contributed by atoms with Gasteiger partial charge in [-0.2, -0.15) is 0 Å². The van der Waals surface area contributed by atoms with E-state index in [4.69, 9.17) is 0 Å². The summed E-state index contributed by atoms with van der Waals surface area (Å²) in [6.45, 7) is 5.65. The molecule has 4 nitrogen and oxygen atoms in total. The van der Waals surface area contributed by atoms with Crippen molar-refractivity contribution in [3.63, 3.8) is 0 Å². The molecule has 0 aliphatic rings. The van der Waals surface area contributed by atoms with Crippen molar-refractivity contribution in [2.75, 3.05) is 18.4 Å². The highest BCUT2D eigenvalue weighted by atomic mass is 32.1. The maximum absolute atomic E-state index is 12.2. The maximum atomic E-state index is 12.2. The Kier molecular flexibility index (Phi) is 5.75. The number of carbonyl (C=O) groups is 1. The smallest absolute Gasteiger partial charge is 0.251 e. The van der Waals surface area contributed by atoms with Gasteiger partial charge >= 0.3 is 0 Å². The predicted octanol–water partition coefficient (Wildman–Crippen LogP) is 3.25. The van der Waals surface area contributed by atoms with Crippen LogP contribution >= 0.6 is 11.3 Å². The first-order chi connectivity index (χ1) is 10.2. The summed E-state index contributed by atoms with van der Waals surface area (Å²) in [6, 6.07) is 5.86. The van der Waals surface area contributed by atoms with Gasteiger partial charge in [0.1, 0.15) is 0 Å². The minimum absolute atomic E-state index is 0.0234. The number of carbonyl (C=O) groups excluding carboxylic acids is 1. The summed E-state index contributed by atoms with van der Waals surface area (Å²) in [4.78, 5) is 16.4. The first kappa shape index (κ1) is 15.5. The second-order valence-electron chi connectivity index (χ2n) is 4.94. The van der Waals surface area contributed by atoms with Crippen LogP contribution in [0.1, 0.15) is 35.0 Å². The van der Waals surface area contributed by atoms with Gasteiger partial charge < -0.3 is 10.6 Å². The summed E-state index contributed by atoms with van der Waals surface area (Å²) < 4.78 is 0. The molecular formula is C16H21N3OS. The Hall–Kier alpha value is -1.88. The van der Waals surface area contributed by atoms with Crippen LogP contribution in [0.4, 0.5) is 5.69 Å². The largest absolute Gasteiger partial charge is 0.385 e. The Balaban J connectivity index is 1.89. The molecule has 1 amide bonds. The van der Waals surface area contributed by atoms with E-state index in [1.807, 2.05) is 36.0 Å². The number of aromatic nitrogens is 1. The third kappa shape index (κ3) is 4.56. The molecule has 2 N–H and O–H groups in total. The third-order valence-electron chi connectivity index (χ3n) is 3.20. The molecule has 1 aromatic heterocycles. The zero-order valence-electron chi connectivity index (χ0n) is 12.5. The fraction of sp³-hybridized carbons (Fsp3) is 0.375. The fourth-order valence-corrected chi connectivity index (χ4v) is 2.65. The van der Waals surface area contributed by atoms with Gasteiger partial charge in [-0.25, -0.2) is 4.98 Å². The SMILES string of the molecule is CCCNc1ccc(C(=O)NCCc2cscn2)c(C)c1. The monoisotopic (exact) mass is 303 g/mol. The molecule has 5 heteroatoms. The van der Waals surface area contributed by atoms with Crippen LogP contribution in [-0.2, 0) is 6.42 Å². The summed E-state index contributed by atoms with van der Waals surface area (Å²) >= 11 is 1.57. The molecule has 0 unspecified atom stereocenters. The lowest BCUT2D eigenvalue weighted by molar-refractivity contribution is 0.0953. The minimum Gasteiger partial charge on any atom is -0.385 e. The van der Waals surface area contributed by atoms with Crippen LogP contribution < -0.4 is 10.6 Å². The highest BCUT2D eigenvalue weighted by molar-refractivity contribution is 7.07. The highest BCUT2D eigenvalue weighted by Gasteiger charge is 2.09. The molecule has 2 aromatic rings. The lowest BCUT2D eigenvalue weighted by Gasteiger charge is -2.10. The van der Waals surface area contributed by atoms with Crippen molar-refractivity contribution in [1.29, 1.82) is 0 Å². The topological polar surface area (TPSA) is 54.0 Å². The average Bonchev–Trinajstić information content (AvgIpc) is 2.98. The van der Waals surface area contributed by atoms with Gasteiger partial charge in [-0.05, 0) is 37.1 Å². The second kappa shape index (κ2) is 7.78. The molecule has 0 aliphatic carbocycles. The molecule has 0 radical (unpaired) electrons. The Labute approximate surface area is 129 Å². The molecule has 0 bridgehead atoms. The van der Waals surface area contributed by atoms with Crippen LogP contribution in [0.3, 0.4) is 0 Å². The Morgan fingerprint density at radius 3 is 2.86 bits per heavy atom. The molecule has 0 fully saturated rings. The number of rotatable bonds is 7. The van der Waals surface area contributed by atoms with E-state index in [0.29, 0.717) is 6.54 Å². The van der Waals surface area contributed by atoms with E-state index in [-0.39, 0.29) is 5.91 Å². The van der Waals surface area contributed by atoms with Crippen molar-refractivity contribution in [2.45, 2.75) is 26.7 Å². The summed E-state index contributed by atoms with van der Waals surface area (Å²) in [5.74, 6) is -0.0234. The Bertz CT molecular complexity index is 581. The zero-order chi connectivity index (χ0) is 15.1. The standard InChI is InChI=1S/C16H21N3OS/c1-3-7-17-13-4-5-15(12(2)9-13)16(20)18-8-6-14-10-21-11-19-14/h4-5,9-11,17H,3,6-8H2,1-2H3,(H,18,20). The van der Waals surface area contributed by atoms with Crippen LogP contribution in [0.5, 0.6) is 0 Å². The van der Waals surface area contributed by atoms with E-state index in [1.165, 1.54) is 0 Å². The van der Waals surface area contributed by atoms with Crippen LogP contribution in [0.25, 0.3) is 0 Å². The lowest BCUT2D eigenvalue weighted by atomic mass is 10.1. The Morgan fingerprint density at radius 1 is 1.33 bits per heavy atom. The van der Waals surface area contributed by atoms with Crippen LogP contribution in [0.2, 0.25) is 0 Å². The van der Waals surface area contributed by atoms with Crippen LogP contribution in [0, 0.1) is 6.92 Å². The number of amides is 1. The number of hydrogen-bond acceptors (Lipinski definition) is 4. The van der Waals surface area contributed by atoms with E-state index in [0.717, 1.165) is 41.9 Å². The quantitative estimate of drug-likeness (QED) is 0.825. The van der Waals surface area contributed by atoms with E-state index < -0.39 is 0 Å². The van der Waals surface area contributed by atoms with Gasteiger partial charge in [-0.3, -0.25) is 4.79 Å². The molecule has 2 rings (SSSR count). The minimum atomic E-state index is -0.0234. The van der Waals surface area contributed by atoms with Gasteiger partial charge in [0.05, 0.1) is 11.2 Å². The molecular weight excluding hydrogens is 282 g/mol. The molecule has 112 valence electrons. The van der Waals surface area contributed by atoms with Gasteiger partial charge in [-0.15, -0.1) is 11.3 Å². The Morgan fingerprint density at radius 2 is 2.19 bits per heavy atom. The highest BCUT2D eigenvalue weighted by Crippen LogP contribution is 2.15. The average molecular weight is 303 g/mol. The van der Waals surface area contributed by atoms with E-state index >= 15 is 0 Å². The number of nitrogens with zero attached hydrogens (tertiary/aromatic N) is 1. The van der Waals surface area contributed by atoms with Crippen LogP contribution in [0.15, 0.2) is 29.1 Å². The molecule has 1 aromatic carbocycles. The van der Waals surface area contributed by atoms with Gasteiger partial charge in [-0.1, -0.05) is 6.92 Å². The molecule has 0 spiro atoms. The first-order valence-corrected chi connectivity index (χ1v) is 8.14. The number of hydrogen-bond donors (Lipinski definition) is 2. The number of nitrogens with one attached hydrogen (secondary N) is 2. The van der Waals surface area contributed by atoms with Crippen molar-refractivity contribution in [2.24, 2.45) is 0 Å². The number of anilines is 1. The van der Waals surface area contributed by atoms with Gasteiger partial charge in [0.2, 0.25) is 0 Å². The van der Waals surface area contributed by atoms with Gasteiger partial charge in [0.15, 0.2) is 0 Å². The van der Waals surface area contributed by atoms with Gasteiger partial charge in [0, 0.05) is 36.1 Å². The van der Waals surface area contributed by atoms with Crippen molar-refractivity contribution >= 4 is 22.9 Å². The van der Waals surface area contributed by atoms with E-state index in [9.17, 15) is 4.79 Å². The summed E-state index contributed by atoms with van der Waals surface area (Å²) in [7, 11) is 0. The lowest BCUT2D eigenvalue weighted by Crippen LogP contribution is -2.26. The normalized spacial score (nSPS) is 10.4. The molecule has 0 aliphatic heterocycles. The third-order valence-corrected chi connectivity index (χ3v) is 3.84. The molecule has 0 saturated carbocycles.